The van der Waals surface area contributed by atoms with Crippen molar-refractivity contribution < 1.29 is 14.3 Å². The Morgan fingerprint density at radius 2 is 1.65 bits per heavy atom. The van der Waals surface area contributed by atoms with E-state index in [-0.39, 0.29) is 5.91 Å². The normalized spacial score (nSPS) is 22.3. The SMILES string of the molecule is CC1(C(=O)N2CCN(c3ccccc3)CC2)Oc2ccccc2NC1=O. The van der Waals surface area contributed by atoms with Gasteiger partial charge in [-0.3, -0.25) is 9.59 Å². The molecule has 0 spiro atoms. The highest BCUT2D eigenvalue weighted by molar-refractivity contribution is 6.15. The molecule has 2 aromatic rings. The highest BCUT2D eigenvalue weighted by Crippen LogP contribution is 2.34. The van der Waals surface area contributed by atoms with Gasteiger partial charge in [0.25, 0.3) is 17.4 Å². The Balaban J connectivity index is 1.47. The summed E-state index contributed by atoms with van der Waals surface area (Å²) < 4.78 is 5.84. The number of carbonyl (C=O) groups is 2. The molecule has 0 bridgehead atoms. The smallest absolute Gasteiger partial charge is 0.278 e. The van der Waals surface area contributed by atoms with E-state index in [0.717, 1.165) is 18.8 Å². The van der Waals surface area contributed by atoms with E-state index in [1.807, 2.05) is 30.3 Å². The molecule has 0 radical (unpaired) electrons. The third kappa shape index (κ3) is 2.77. The zero-order valence-corrected chi connectivity index (χ0v) is 14.6. The summed E-state index contributed by atoms with van der Waals surface area (Å²) in [5.41, 5.74) is 0.201. The number of para-hydroxylation sites is 3. The predicted octanol–water partition coefficient (Wildman–Crippen LogP) is 2.12. The fraction of sp³-hybridized carbons (Fsp3) is 0.300. The van der Waals surface area contributed by atoms with Gasteiger partial charge in [0.2, 0.25) is 0 Å². The summed E-state index contributed by atoms with van der Waals surface area (Å²) in [7, 11) is 0. The average molecular weight is 351 g/mol. The zero-order chi connectivity index (χ0) is 18.1. The predicted molar refractivity (Wildman–Crippen MR) is 99.3 cm³/mol. The van der Waals surface area contributed by atoms with Crippen LogP contribution in [-0.2, 0) is 9.59 Å². The highest BCUT2D eigenvalue weighted by atomic mass is 16.5. The minimum Gasteiger partial charge on any atom is -0.466 e. The molecule has 2 amide bonds. The van der Waals surface area contributed by atoms with Crippen LogP contribution in [0.4, 0.5) is 11.4 Å². The minimum atomic E-state index is -1.54. The molecular weight excluding hydrogens is 330 g/mol. The van der Waals surface area contributed by atoms with Gasteiger partial charge in [-0.1, -0.05) is 30.3 Å². The number of nitrogens with one attached hydrogen (secondary N) is 1. The molecule has 6 heteroatoms. The van der Waals surface area contributed by atoms with Gasteiger partial charge in [-0.05, 0) is 31.2 Å². The Kier molecular flexibility index (Phi) is 4.03. The van der Waals surface area contributed by atoms with Crippen molar-refractivity contribution in [1.29, 1.82) is 0 Å². The van der Waals surface area contributed by atoms with E-state index >= 15 is 0 Å². The van der Waals surface area contributed by atoms with Gasteiger partial charge in [0.05, 0.1) is 5.69 Å². The van der Waals surface area contributed by atoms with Crippen molar-refractivity contribution in [3.8, 4) is 5.75 Å². The summed E-state index contributed by atoms with van der Waals surface area (Å²) >= 11 is 0. The van der Waals surface area contributed by atoms with Crippen LogP contribution in [0.15, 0.2) is 54.6 Å². The van der Waals surface area contributed by atoms with Gasteiger partial charge in [0.1, 0.15) is 5.75 Å². The number of hydrogen-bond acceptors (Lipinski definition) is 4. The summed E-state index contributed by atoms with van der Waals surface area (Å²) in [5, 5.41) is 2.78. The van der Waals surface area contributed by atoms with Crippen LogP contribution in [0.25, 0.3) is 0 Å². The maximum Gasteiger partial charge on any atom is 0.278 e. The van der Waals surface area contributed by atoms with E-state index in [1.54, 1.807) is 24.0 Å². The molecule has 6 nitrogen and oxygen atoms in total. The summed E-state index contributed by atoms with van der Waals surface area (Å²) in [6, 6.07) is 17.3. The molecule has 2 aromatic carbocycles. The van der Waals surface area contributed by atoms with E-state index in [4.69, 9.17) is 4.74 Å². The summed E-state index contributed by atoms with van der Waals surface area (Å²) in [6.07, 6.45) is 0. The Bertz CT molecular complexity index is 831. The number of carbonyl (C=O) groups excluding carboxylic acids is 2. The molecule has 1 fully saturated rings. The van der Waals surface area contributed by atoms with Crippen LogP contribution < -0.4 is 15.0 Å². The Morgan fingerprint density at radius 1 is 1.00 bits per heavy atom. The lowest BCUT2D eigenvalue weighted by Crippen LogP contribution is -2.62. The van der Waals surface area contributed by atoms with Gasteiger partial charge >= 0.3 is 0 Å². The molecule has 134 valence electrons. The summed E-state index contributed by atoms with van der Waals surface area (Å²) in [6.45, 7) is 4.11. The quantitative estimate of drug-likeness (QED) is 0.842. The first-order chi connectivity index (χ1) is 12.6. The maximum atomic E-state index is 13.1. The van der Waals surface area contributed by atoms with Crippen LogP contribution in [0, 0.1) is 0 Å². The van der Waals surface area contributed by atoms with Crippen molar-refractivity contribution in [2.24, 2.45) is 0 Å². The van der Waals surface area contributed by atoms with Crippen LogP contribution in [-0.4, -0.2) is 48.5 Å². The van der Waals surface area contributed by atoms with Crippen molar-refractivity contribution in [3.63, 3.8) is 0 Å². The van der Waals surface area contributed by atoms with Crippen LogP contribution >= 0.6 is 0 Å². The number of benzene rings is 2. The van der Waals surface area contributed by atoms with Crippen LogP contribution in [0.5, 0.6) is 5.75 Å². The van der Waals surface area contributed by atoms with Crippen molar-refractivity contribution in [2.45, 2.75) is 12.5 Å². The average Bonchev–Trinajstić information content (AvgIpc) is 2.69. The van der Waals surface area contributed by atoms with Gasteiger partial charge in [-0.15, -0.1) is 0 Å². The van der Waals surface area contributed by atoms with E-state index in [0.29, 0.717) is 24.5 Å². The molecule has 0 aromatic heterocycles. The lowest BCUT2D eigenvalue weighted by atomic mass is 10.00. The number of ether oxygens (including phenoxy) is 1. The molecule has 1 N–H and O–H groups in total. The summed E-state index contributed by atoms with van der Waals surface area (Å²) in [5.74, 6) is -0.199. The lowest BCUT2D eigenvalue weighted by molar-refractivity contribution is -0.154. The van der Waals surface area contributed by atoms with Gasteiger partial charge in [0, 0.05) is 31.9 Å². The number of nitrogens with zero attached hydrogens (tertiary/aromatic N) is 2. The monoisotopic (exact) mass is 351 g/mol. The molecule has 1 unspecified atom stereocenters. The molecule has 1 saturated heterocycles. The molecular formula is C20H21N3O3. The molecule has 4 rings (SSSR count). The number of hydrogen-bond donors (Lipinski definition) is 1. The first-order valence-corrected chi connectivity index (χ1v) is 8.77. The second-order valence-electron chi connectivity index (χ2n) is 6.70. The van der Waals surface area contributed by atoms with E-state index in [2.05, 4.69) is 22.3 Å². The zero-order valence-electron chi connectivity index (χ0n) is 14.6. The molecule has 2 aliphatic rings. The van der Waals surface area contributed by atoms with Gasteiger partial charge in [-0.25, -0.2) is 0 Å². The number of piperazine rings is 1. The summed E-state index contributed by atoms with van der Waals surface area (Å²) in [4.78, 5) is 29.6. The third-order valence-corrected chi connectivity index (χ3v) is 4.98. The Labute approximate surface area is 152 Å². The standard InChI is InChI=1S/C20H21N3O3/c1-20(18(24)21-16-9-5-6-10-17(16)26-20)19(25)23-13-11-22(12-14-23)15-7-3-2-4-8-15/h2-10H,11-14H2,1H3,(H,21,24). The van der Waals surface area contributed by atoms with E-state index < -0.39 is 11.5 Å². The van der Waals surface area contributed by atoms with E-state index in [1.165, 1.54) is 0 Å². The van der Waals surface area contributed by atoms with Gasteiger partial charge < -0.3 is 19.9 Å². The lowest BCUT2D eigenvalue weighted by Gasteiger charge is -2.41. The largest absolute Gasteiger partial charge is 0.466 e. The molecule has 0 saturated carbocycles. The van der Waals surface area contributed by atoms with Crippen molar-refractivity contribution in [3.05, 3.63) is 54.6 Å². The van der Waals surface area contributed by atoms with Crippen LogP contribution in [0.2, 0.25) is 0 Å². The number of amides is 2. The van der Waals surface area contributed by atoms with Crippen molar-refractivity contribution in [1.82, 2.24) is 4.90 Å². The van der Waals surface area contributed by atoms with Gasteiger partial charge in [0.15, 0.2) is 0 Å². The number of anilines is 2. The number of rotatable bonds is 2. The third-order valence-electron chi connectivity index (χ3n) is 4.98. The fourth-order valence-corrected chi connectivity index (χ4v) is 3.42. The number of fused-ring (bicyclic) bond motifs is 1. The molecule has 2 aliphatic heterocycles. The second-order valence-corrected chi connectivity index (χ2v) is 6.70. The molecule has 26 heavy (non-hydrogen) atoms. The second kappa shape index (κ2) is 6.37. The molecule has 0 aliphatic carbocycles. The van der Waals surface area contributed by atoms with Crippen LogP contribution in [0.3, 0.4) is 0 Å². The Morgan fingerprint density at radius 3 is 2.38 bits per heavy atom. The van der Waals surface area contributed by atoms with E-state index in [9.17, 15) is 9.59 Å². The first-order valence-electron chi connectivity index (χ1n) is 8.77. The maximum absolute atomic E-state index is 13.1. The van der Waals surface area contributed by atoms with Crippen LogP contribution in [0.1, 0.15) is 6.92 Å². The highest BCUT2D eigenvalue weighted by Gasteiger charge is 2.49. The minimum absolute atomic E-state index is 0.294. The Hall–Kier alpha value is -3.02. The molecule has 2 heterocycles. The topological polar surface area (TPSA) is 61.9 Å². The first kappa shape index (κ1) is 16.4. The van der Waals surface area contributed by atoms with Gasteiger partial charge in [-0.2, -0.15) is 0 Å². The van der Waals surface area contributed by atoms with Crippen molar-refractivity contribution >= 4 is 23.2 Å². The van der Waals surface area contributed by atoms with Crippen molar-refractivity contribution in [2.75, 3.05) is 36.4 Å². The fourth-order valence-electron chi connectivity index (χ4n) is 3.42. The molecule has 1 atom stereocenters.